The number of aromatic amines is 1. The van der Waals surface area contributed by atoms with Crippen LogP contribution in [0.1, 0.15) is 5.56 Å². The molecule has 1 amide bonds. The van der Waals surface area contributed by atoms with Crippen molar-refractivity contribution in [2.75, 3.05) is 0 Å². The van der Waals surface area contributed by atoms with E-state index in [1.54, 1.807) is 18.2 Å². The van der Waals surface area contributed by atoms with Crippen LogP contribution in [0.5, 0.6) is 0 Å². The van der Waals surface area contributed by atoms with Gasteiger partial charge in [-0.25, -0.2) is 4.79 Å². The first-order valence-electron chi connectivity index (χ1n) is 6.83. The standard InChI is InChI=1S/C16H14ClN3O2/c17-12-6-2-1-5-11(12)9-18-15(21)10-20-14-8-4-3-7-13(14)19-16(20)22/h1-8H,9-10H2,(H,18,21)(H,19,22). The highest BCUT2D eigenvalue weighted by atomic mass is 35.5. The lowest BCUT2D eigenvalue weighted by Gasteiger charge is -2.07. The first-order valence-corrected chi connectivity index (χ1v) is 7.20. The first kappa shape index (κ1) is 14.4. The molecule has 0 spiro atoms. The number of carbonyl (C=O) groups is 1. The van der Waals surface area contributed by atoms with Crippen LogP contribution in [0, 0.1) is 0 Å². The maximum Gasteiger partial charge on any atom is 0.326 e. The molecule has 22 heavy (non-hydrogen) atoms. The van der Waals surface area contributed by atoms with Gasteiger partial charge in [0.05, 0.1) is 11.0 Å². The molecule has 1 heterocycles. The summed E-state index contributed by atoms with van der Waals surface area (Å²) in [5.74, 6) is -0.244. The zero-order chi connectivity index (χ0) is 15.5. The molecule has 3 aromatic rings. The second kappa shape index (κ2) is 6.07. The maximum absolute atomic E-state index is 12.1. The predicted octanol–water partition coefficient (Wildman–Crippen LogP) is 2.30. The van der Waals surface area contributed by atoms with Crippen LogP contribution in [-0.4, -0.2) is 15.5 Å². The molecular weight excluding hydrogens is 302 g/mol. The molecule has 0 saturated heterocycles. The Morgan fingerprint density at radius 1 is 1.14 bits per heavy atom. The van der Waals surface area contributed by atoms with Gasteiger partial charge in [0, 0.05) is 11.6 Å². The summed E-state index contributed by atoms with van der Waals surface area (Å²) < 4.78 is 1.41. The Morgan fingerprint density at radius 2 is 1.86 bits per heavy atom. The van der Waals surface area contributed by atoms with E-state index in [1.165, 1.54) is 4.57 Å². The molecule has 1 aromatic heterocycles. The van der Waals surface area contributed by atoms with Crippen LogP contribution in [0.3, 0.4) is 0 Å². The molecule has 5 nitrogen and oxygen atoms in total. The predicted molar refractivity (Wildman–Crippen MR) is 85.9 cm³/mol. The van der Waals surface area contributed by atoms with Crippen LogP contribution < -0.4 is 11.0 Å². The molecule has 0 aliphatic rings. The van der Waals surface area contributed by atoms with Gasteiger partial charge in [-0.1, -0.05) is 41.9 Å². The summed E-state index contributed by atoms with van der Waals surface area (Å²) in [4.78, 5) is 26.7. The second-order valence-electron chi connectivity index (χ2n) is 4.90. The van der Waals surface area contributed by atoms with E-state index in [2.05, 4.69) is 10.3 Å². The number of para-hydroxylation sites is 2. The lowest BCUT2D eigenvalue weighted by Crippen LogP contribution is -2.31. The number of imidazole rings is 1. The number of rotatable bonds is 4. The summed E-state index contributed by atoms with van der Waals surface area (Å²) in [6.07, 6.45) is 0. The van der Waals surface area contributed by atoms with Crippen LogP contribution in [-0.2, 0) is 17.9 Å². The lowest BCUT2D eigenvalue weighted by atomic mass is 10.2. The van der Waals surface area contributed by atoms with Crippen molar-refractivity contribution in [3.8, 4) is 0 Å². The average molecular weight is 316 g/mol. The Labute approximate surface area is 131 Å². The molecule has 2 N–H and O–H groups in total. The Kier molecular flexibility index (Phi) is 3.98. The molecule has 0 atom stereocenters. The van der Waals surface area contributed by atoms with Crippen molar-refractivity contribution < 1.29 is 4.79 Å². The van der Waals surface area contributed by atoms with Gasteiger partial charge in [0.25, 0.3) is 0 Å². The summed E-state index contributed by atoms with van der Waals surface area (Å²) in [7, 11) is 0. The Balaban J connectivity index is 1.73. The van der Waals surface area contributed by atoms with Gasteiger partial charge in [-0.05, 0) is 23.8 Å². The average Bonchev–Trinajstić information content (AvgIpc) is 2.83. The van der Waals surface area contributed by atoms with Crippen molar-refractivity contribution >= 4 is 28.5 Å². The van der Waals surface area contributed by atoms with Crippen molar-refractivity contribution in [2.45, 2.75) is 13.1 Å². The molecular formula is C16H14ClN3O2. The minimum absolute atomic E-state index is 0.0344. The molecule has 0 aliphatic carbocycles. The molecule has 0 aliphatic heterocycles. The third-order valence-corrected chi connectivity index (χ3v) is 3.79. The highest BCUT2D eigenvalue weighted by molar-refractivity contribution is 6.31. The van der Waals surface area contributed by atoms with E-state index in [0.29, 0.717) is 22.6 Å². The fraction of sp³-hybridized carbons (Fsp3) is 0.125. The van der Waals surface area contributed by atoms with Gasteiger partial charge in [0.1, 0.15) is 6.54 Å². The van der Waals surface area contributed by atoms with Crippen molar-refractivity contribution in [1.82, 2.24) is 14.9 Å². The van der Waals surface area contributed by atoms with Crippen LogP contribution >= 0.6 is 11.6 Å². The second-order valence-corrected chi connectivity index (χ2v) is 5.31. The fourth-order valence-electron chi connectivity index (χ4n) is 2.30. The monoisotopic (exact) mass is 315 g/mol. The Hall–Kier alpha value is -2.53. The number of amides is 1. The molecule has 6 heteroatoms. The van der Waals surface area contributed by atoms with Gasteiger partial charge >= 0.3 is 5.69 Å². The summed E-state index contributed by atoms with van der Waals surface area (Å²) in [6.45, 7) is 0.295. The smallest absolute Gasteiger partial charge is 0.326 e. The van der Waals surface area contributed by atoms with Gasteiger partial charge < -0.3 is 10.3 Å². The van der Waals surface area contributed by atoms with Crippen molar-refractivity contribution in [2.24, 2.45) is 0 Å². The summed E-state index contributed by atoms with van der Waals surface area (Å²) in [5, 5.41) is 3.38. The van der Waals surface area contributed by atoms with E-state index in [1.807, 2.05) is 30.3 Å². The highest BCUT2D eigenvalue weighted by Gasteiger charge is 2.10. The molecule has 0 bridgehead atoms. The van der Waals surface area contributed by atoms with Gasteiger partial charge in [-0.3, -0.25) is 9.36 Å². The minimum Gasteiger partial charge on any atom is -0.350 e. The topological polar surface area (TPSA) is 66.9 Å². The van der Waals surface area contributed by atoms with E-state index < -0.39 is 0 Å². The fourth-order valence-corrected chi connectivity index (χ4v) is 2.50. The number of carbonyl (C=O) groups excluding carboxylic acids is 1. The normalized spacial score (nSPS) is 10.8. The minimum atomic E-state index is -0.297. The zero-order valence-electron chi connectivity index (χ0n) is 11.7. The third kappa shape index (κ3) is 2.89. The van der Waals surface area contributed by atoms with Crippen LogP contribution in [0.4, 0.5) is 0 Å². The maximum atomic E-state index is 12.1. The number of benzene rings is 2. The van der Waals surface area contributed by atoms with Gasteiger partial charge in [0.15, 0.2) is 0 Å². The molecule has 2 aromatic carbocycles. The number of hydrogen-bond donors (Lipinski definition) is 2. The van der Waals surface area contributed by atoms with E-state index in [0.717, 1.165) is 5.56 Å². The summed E-state index contributed by atoms with van der Waals surface area (Å²) in [5.41, 5.74) is 1.96. The number of nitrogens with one attached hydrogen (secondary N) is 2. The third-order valence-electron chi connectivity index (χ3n) is 3.42. The van der Waals surface area contributed by atoms with Crippen molar-refractivity contribution in [3.05, 3.63) is 69.6 Å². The molecule has 0 unspecified atom stereocenters. The van der Waals surface area contributed by atoms with Crippen LogP contribution in [0.15, 0.2) is 53.3 Å². The number of H-pyrrole nitrogens is 1. The largest absolute Gasteiger partial charge is 0.350 e. The highest BCUT2D eigenvalue weighted by Crippen LogP contribution is 2.14. The lowest BCUT2D eigenvalue weighted by molar-refractivity contribution is -0.121. The number of fused-ring (bicyclic) bond motifs is 1. The van der Waals surface area contributed by atoms with E-state index in [4.69, 9.17) is 11.6 Å². The zero-order valence-corrected chi connectivity index (χ0v) is 12.4. The van der Waals surface area contributed by atoms with Crippen molar-refractivity contribution in [1.29, 1.82) is 0 Å². The van der Waals surface area contributed by atoms with E-state index in [9.17, 15) is 9.59 Å². The SMILES string of the molecule is O=C(Cn1c(=O)[nH]c2ccccc21)NCc1ccccc1Cl. The first-order chi connectivity index (χ1) is 10.6. The van der Waals surface area contributed by atoms with Gasteiger partial charge in [-0.2, -0.15) is 0 Å². The molecule has 3 rings (SSSR count). The summed E-state index contributed by atoms with van der Waals surface area (Å²) in [6, 6.07) is 14.6. The number of aromatic nitrogens is 2. The molecule has 112 valence electrons. The Morgan fingerprint density at radius 3 is 2.68 bits per heavy atom. The number of nitrogens with zero attached hydrogens (tertiary/aromatic N) is 1. The van der Waals surface area contributed by atoms with Gasteiger partial charge in [-0.15, -0.1) is 0 Å². The van der Waals surface area contributed by atoms with Crippen LogP contribution in [0.25, 0.3) is 11.0 Å². The number of hydrogen-bond acceptors (Lipinski definition) is 2. The van der Waals surface area contributed by atoms with E-state index >= 15 is 0 Å². The van der Waals surface area contributed by atoms with Gasteiger partial charge in [0.2, 0.25) is 5.91 Å². The molecule has 0 saturated carbocycles. The van der Waals surface area contributed by atoms with Crippen molar-refractivity contribution in [3.63, 3.8) is 0 Å². The summed E-state index contributed by atoms with van der Waals surface area (Å²) >= 11 is 6.04. The van der Waals surface area contributed by atoms with Crippen LogP contribution in [0.2, 0.25) is 5.02 Å². The van der Waals surface area contributed by atoms with E-state index in [-0.39, 0.29) is 18.1 Å². The number of halogens is 1. The quantitative estimate of drug-likeness (QED) is 0.776. The Bertz CT molecular complexity index is 882. The molecule has 0 fully saturated rings. The molecule has 0 radical (unpaired) electrons.